The first-order valence-electron chi connectivity index (χ1n) is 6.05. The van der Waals surface area contributed by atoms with Gasteiger partial charge in [-0.3, -0.25) is 4.79 Å². The molecule has 0 radical (unpaired) electrons. The number of hydrogen-bond donors (Lipinski definition) is 2. The van der Waals surface area contributed by atoms with E-state index in [1.54, 1.807) is 12.1 Å². The van der Waals surface area contributed by atoms with Gasteiger partial charge in [0.1, 0.15) is 11.8 Å². The van der Waals surface area contributed by atoms with E-state index in [4.69, 9.17) is 4.42 Å². The molecule has 0 aliphatic heterocycles. The van der Waals surface area contributed by atoms with E-state index < -0.39 is 16.1 Å². The second kappa shape index (κ2) is 6.72. The van der Waals surface area contributed by atoms with Crippen molar-refractivity contribution < 1.29 is 17.6 Å². The van der Waals surface area contributed by atoms with Crippen molar-refractivity contribution >= 4 is 15.9 Å². The molecule has 0 aliphatic carbocycles. The summed E-state index contributed by atoms with van der Waals surface area (Å²) < 4.78 is 29.9. The molecule has 0 fully saturated rings. The molecule has 1 rings (SSSR count). The molecule has 0 unspecified atom stereocenters. The average Bonchev–Trinajstić information content (AvgIpc) is 2.75. The number of sulfonamides is 1. The quantitative estimate of drug-likeness (QED) is 0.779. The van der Waals surface area contributed by atoms with Crippen LogP contribution >= 0.6 is 0 Å². The van der Waals surface area contributed by atoms with Gasteiger partial charge in [-0.15, -0.1) is 0 Å². The van der Waals surface area contributed by atoms with Crippen LogP contribution in [0.25, 0.3) is 0 Å². The third-order valence-electron chi connectivity index (χ3n) is 2.40. The summed E-state index contributed by atoms with van der Waals surface area (Å²) in [6.07, 6.45) is 3.00. The minimum atomic E-state index is -3.42. The normalized spacial score (nSPS) is 13.5. The summed E-state index contributed by atoms with van der Waals surface area (Å²) >= 11 is 0. The maximum Gasteiger partial charge on any atom is 0.238 e. The predicted octanol–water partition coefficient (Wildman–Crippen LogP) is 0.860. The number of nitrogens with one attached hydrogen (secondary N) is 2. The number of hydrogen-bond acceptors (Lipinski definition) is 4. The molecule has 6 nitrogen and oxygen atoms in total. The minimum absolute atomic E-state index is 0.202. The molecule has 0 spiro atoms. The van der Waals surface area contributed by atoms with Gasteiger partial charge in [0.25, 0.3) is 0 Å². The van der Waals surface area contributed by atoms with Crippen LogP contribution in [0, 0.1) is 5.92 Å². The molecule has 1 amide bonds. The van der Waals surface area contributed by atoms with Gasteiger partial charge in [-0.2, -0.15) is 0 Å². The number of carbonyl (C=O) groups is 1. The van der Waals surface area contributed by atoms with E-state index in [9.17, 15) is 13.2 Å². The van der Waals surface area contributed by atoms with E-state index in [0.29, 0.717) is 12.2 Å². The maximum absolute atomic E-state index is 12.0. The molecule has 19 heavy (non-hydrogen) atoms. The van der Waals surface area contributed by atoms with Crippen molar-refractivity contribution in [1.29, 1.82) is 0 Å². The molecule has 108 valence electrons. The summed E-state index contributed by atoms with van der Waals surface area (Å²) in [6, 6.07) is 2.70. The van der Waals surface area contributed by atoms with E-state index in [-0.39, 0.29) is 18.4 Å². The Morgan fingerprint density at radius 3 is 2.58 bits per heavy atom. The van der Waals surface area contributed by atoms with E-state index in [1.807, 2.05) is 13.8 Å². The smallest absolute Gasteiger partial charge is 0.238 e. The van der Waals surface area contributed by atoms with E-state index >= 15 is 0 Å². The second-order valence-electron chi connectivity index (χ2n) is 4.87. The zero-order valence-corrected chi connectivity index (χ0v) is 12.2. The molecule has 0 aromatic carbocycles. The Balaban J connectivity index is 2.60. The number of amides is 1. The van der Waals surface area contributed by atoms with Gasteiger partial charge in [0.2, 0.25) is 15.9 Å². The van der Waals surface area contributed by atoms with Crippen LogP contribution in [-0.2, 0) is 21.4 Å². The summed E-state index contributed by atoms with van der Waals surface area (Å²) in [5, 5.41) is 2.65. The molecule has 0 saturated heterocycles. The van der Waals surface area contributed by atoms with Crippen LogP contribution in [0.1, 0.15) is 26.0 Å². The molecule has 1 aromatic heterocycles. The first-order valence-corrected chi connectivity index (χ1v) is 7.94. The van der Waals surface area contributed by atoms with Crippen LogP contribution in [0.4, 0.5) is 0 Å². The molecule has 1 heterocycles. The zero-order chi connectivity index (χ0) is 14.5. The average molecular weight is 288 g/mol. The molecular weight excluding hydrogens is 268 g/mol. The third kappa shape index (κ3) is 6.40. The monoisotopic (exact) mass is 288 g/mol. The number of rotatable bonds is 7. The summed E-state index contributed by atoms with van der Waals surface area (Å²) in [6.45, 7) is 4.10. The van der Waals surface area contributed by atoms with Gasteiger partial charge < -0.3 is 9.73 Å². The molecule has 1 aromatic rings. The fourth-order valence-corrected chi connectivity index (χ4v) is 2.37. The standard InChI is InChI=1S/C12H20N2O4S/c1-9(2)7-11(14-19(3,16)17)12(15)13-8-10-5-4-6-18-10/h4-6,9,11,14H,7-8H2,1-3H3,(H,13,15)/t11-/m1/s1. The highest BCUT2D eigenvalue weighted by Crippen LogP contribution is 2.07. The largest absolute Gasteiger partial charge is 0.467 e. The van der Waals surface area contributed by atoms with Crippen LogP contribution in [0.5, 0.6) is 0 Å². The third-order valence-corrected chi connectivity index (χ3v) is 3.11. The fourth-order valence-electron chi connectivity index (χ4n) is 1.65. The molecule has 0 bridgehead atoms. The van der Waals surface area contributed by atoms with Crippen molar-refractivity contribution in [1.82, 2.24) is 10.0 Å². The Bertz CT molecular complexity index is 494. The van der Waals surface area contributed by atoms with Gasteiger partial charge in [-0.25, -0.2) is 13.1 Å². The van der Waals surface area contributed by atoms with Crippen LogP contribution in [0.15, 0.2) is 22.8 Å². The summed E-state index contributed by atoms with van der Waals surface area (Å²) in [5.41, 5.74) is 0. The molecule has 2 N–H and O–H groups in total. The van der Waals surface area contributed by atoms with Crippen LogP contribution in [-0.4, -0.2) is 26.6 Å². The molecule has 0 saturated carbocycles. The highest BCUT2D eigenvalue weighted by atomic mass is 32.2. The molecular formula is C12H20N2O4S. The van der Waals surface area contributed by atoms with E-state index in [2.05, 4.69) is 10.0 Å². The van der Waals surface area contributed by atoms with Crippen molar-refractivity contribution in [3.05, 3.63) is 24.2 Å². The molecule has 0 aliphatic rings. The van der Waals surface area contributed by atoms with E-state index in [1.165, 1.54) is 6.26 Å². The number of carbonyl (C=O) groups excluding carboxylic acids is 1. The summed E-state index contributed by atoms with van der Waals surface area (Å²) in [4.78, 5) is 12.0. The predicted molar refractivity (Wildman–Crippen MR) is 71.8 cm³/mol. The lowest BCUT2D eigenvalue weighted by molar-refractivity contribution is -0.123. The Hall–Kier alpha value is -1.34. The minimum Gasteiger partial charge on any atom is -0.467 e. The summed E-state index contributed by atoms with van der Waals surface area (Å²) in [5.74, 6) is 0.472. The Morgan fingerprint density at radius 1 is 1.42 bits per heavy atom. The van der Waals surface area contributed by atoms with Crippen molar-refractivity contribution in [2.75, 3.05) is 6.26 Å². The van der Waals surface area contributed by atoms with Gasteiger partial charge >= 0.3 is 0 Å². The van der Waals surface area contributed by atoms with Gasteiger partial charge in [0.05, 0.1) is 19.1 Å². The second-order valence-corrected chi connectivity index (χ2v) is 6.65. The topological polar surface area (TPSA) is 88.4 Å². The first-order chi connectivity index (χ1) is 8.78. The van der Waals surface area contributed by atoms with E-state index in [0.717, 1.165) is 6.26 Å². The summed E-state index contributed by atoms with van der Waals surface area (Å²) in [7, 11) is -3.42. The van der Waals surface area contributed by atoms with Crippen LogP contribution in [0.2, 0.25) is 0 Å². The highest BCUT2D eigenvalue weighted by Gasteiger charge is 2.22. The Morgan fingerprint density at radius 2 is 2.11 bits per heavy atom. The number of furan rings is 1. The van der Waals surface area contributed by atoms with Crippen LogP contribution in [0.3, 0.4) is 0 Å². The Kier molecular flexibility index (Phi) is 5.56. The van der Waals surface area contributed by atoms with Crippen molar-refractivity contribution in [2.45, 2.75) is 32.9 Å². The van der Waals surface area contributed by atoms with Crippen molar-refractivity contribution in [2.24, 2.45) is 5.92 Å². The molecule has 7 heteroatoms. The highest BCUT2D eigenvalue weighted by molar-refractivity contribution is 7.88. The van der Waals surface area contributed by atoms with Gasteiger partial charge in [0.15, 0.2) is 0 Å². The first kappa shape index (κ1) is 15.7. The Labute approximate surface area is 113 Å². The maximum atomic E-state index is 12.0. The van der Waals surface area contributed by atoms with Crippen molar-refractivity contribution in [3.8, 4) is 0 Å². The van der Waals surface area contributed by atoms with Crippen LogP contribution < -0.4 is 10.0 Å². The zero-order valence-electron chi connectivity index (χ0n) is 11.3. The van der Waals surface area contributed by atoms with Gasteiger partial charge in [0, 0.05) is 0 Å². The lowest BCUT2D eigenvalue weighted by Crippen LogP contribution is -2.46. The fraction of sp³-hybridized carbons (Fsp3) is 0.583. The van der Waals surface area contributed by atoms with Gasteiger partial charge in [-0.1, -0.05) is 13.8 Å². The molecule has 1 atom stereocenters. The SMILES string of the molecule is CC(C)C[C@@H](NS(C)(=O)=O)C(=O)NCc1ccco1. The van der Waals surface area contributed by atoms with Gasteiger partial charge in [-0.05, 0) is 24.5 Å². The lowest BCUT2D eigenvalue weighted by Gasteiger charge is -2.18. The van der Waals surface area contributed by atoms with Crippen molar-refractivity contribution in [3.63, 3.8) is 0 Å². The lowest BCUT2D eigenvalue weighted by atomic mass is 10.0.